The summed E-state index contributed by atoms with van der Waals surface area (Å²) in [4.78, 5) is 27.7. The van der Waals surface area contributed by atoms with Crippen LogP contribution >= 0.6 is 11.3 Å². The molecule has 262 valence electrons. The number of fused-ring (bicyclic) bond motifs is 10. The van der Waals surface area contributed by atoms with Crippen LogP contribution in [0.3, 0.4) is 0 Å². The molecule has 0 radical (unpaired) electrons. The Morgan fingerprint density at radius 2 is 0.804 bits per heavy atom. The number of aromatic nitrogens is 2. The van der Waals surface area contributed by atoms with Crippen molar-refractivity contribution in [2.45, 2.75) is 0 Å². The molecule has 0 N–H and O–H groups in total. The van der Waals surface area contributed by atoms with Crippen LogP contribution in [0.2, 0.25) is 0 Å². The molecule has 6 heteroatoms. The molecule has 2 amide bonds. The maximum absolute atomic E-state index is 13.2. The van der Waals surface area contributed by atoms with Crippen molar-refractivity contribution in [1.29, 1.82) is 0 Å². The third-order valence-corrected chi connectivity index (χ3v) is 12.6. The van der Waals surface area contributed by atoms with Crippen LogP contribution in [0.4, 0.5) is 5.69 Å². The summed E-state index contributed by atoms with van der Waals surface area (Å²) in [6.45, 7) is 0. The van der Waals surface area contributed by atoms with Gasteiger partial charge in [0.25, 0.3) is 11.8 Å². The Hall–Kier alpha value is -7.28. The van der Waals surface area contributed by atoms with Gasteiger partial charge in [-0.2, -0.15) is 0 Å². The zero-order valence-corrected chi connectivity index (χ0v) is 30.6. The van der Waals surface area contributed by atoms with Gasteiger partial charge in [0.2, 0.25) is 0 Å². The number of anilines is 1. The lowest BCUT2D eigenvalue weighted by Gasteiger charge is -2.15. The largest absolute Gasteiger partial charge is 0.309 e. The van der Waals surface area contributed by atoms with Gasteiger partial charge in [-0.15, -0.1) is 11.3 Å². The topological polar surface area (TPSA) is 47.2 Å². The van der Waals surface area contributed by atoms with Crippen molar-refractivity contribution in [3.63, 3.8) is 0 Å². The van der Waals surface area contributed by atoms with Gasteiger partial charge in [-0.05, 0) is 108 Å². The zero-order valence-electron chi connectivity index (χ0n) is 29.8. The summed E-state index contributed by atoms with van der Waals surface area (Å²) in [5, 5.41) is 7.34. The van der Waals surface area contributed by atoms with Crippen molar-refractivity contribution >= 4 is 92.6 Å². The van der Waals surface area contributed by atoms with E-state index in [1.807, 2.05) is 35.6 Å². The van der Waals surface area contributed by atoms with E-state index in [0.717, 1.165) is 44.3 Å². The molecule has 1 aliphatic heterocycles. The molecule has 11 aromatic rings. The Morgan fingerprint density at radius 3 is 1.43 bits per heavy atom. The van der Waals surface area contributed by atoms with Crippen LogP contribution in [0.15, 0.2) is 176 Å². The van der Waals surface area contributed by atoms with Crippen molar-refractivity contribution in [3.05, 3.63) is 187 Å². The molecule has 5 nitrogen and oxygen atoms in total. The molecule has 0 saturated carbocycles. The van der Waals surface area contributed by atoms with Crippen molar-refractivity contribution in [3.8, 4) is 22.5 Å². The second-order valence-electron chi connectivity index (χ2n) is 14.5. The fourth-order valence-electron chi connectivity index (χ4n) is 8.89. The van der Waals surface area contributed by atoms with Crippen LogP contribution in [0, 0.1) is 0 Å². The van der Waals surface area contributed by atoms with Crippen LogP contribution in [-0.2, 0) is 0 Å². The summed E-state index contributed by atoms with van der Waals surface area (Å²) in [6, 6.07) is 60.9. The Balaban J connectivity index is 0.963. The van der Waals surface area contributed by atoms with E-state index in [-0.39, 0.29) is 11.8 Å². The minimum atomic E-state index is -0.293. The summed E-state index contributed by atoms with van der Waals surface area (Å²) < 4.78 is 7.26. The number of nitrogens with zero attached hydrogens (tertiary/aromatic N) is 3. The first kappa shape index (κ1) is 31.1. The first-order chi connectivity index (χ1) is 27.6. The molecule has 0 unspecified atom stereocenters. The maximum Gasteiger partial charge on any atom is 0.266 e. The number of rotatable bonds is 4. The molecule has 12 rings (SSSR count). The van der Waals surface area contributed by atoms with Crippen molar-refractivity contribution < 1.29 is 9.59 Å². The monoisotopic (exact) mass is 735 g/mol. The standard InChI is InChI=1S/C50H29N3O2S/c54-49-38-12-1-2-13-39(38)50(55)53(49)33-21-19-32(20-22-33)51-43-14-6-3-9-35(43)40-27-30(17-24-45(40)51)31-18-25-46-41(28-31)36-10-4-7-15-44(36)52(46)34-23-26-48-42(29-34)37-11-5-8-16-47(37)56-48/h1-29H. The molecule has 1 aliphatic rings. The maximum atomic E-state index is 13.2. The molecule has 56 heavy (non-hydrogen) atoms. The van der Waals surface area contributed by atoms with Crippen LogP contribution in [0.25, 0.3) is 86.3 Å². The van der Waals surface area contributed by atoms with E-state index in [4.69, 9.17) is 0 Å². The summed E-state index contributed by atoms with van der Waals surface area (Å²) in [5.41, 5.74) is 10.4. The van der Waals surface area contributed by atoms with Gasteiger partial charge < -0.3 is 9.13 Å². The minimum absolute atomic E-state index is 0.293. The molecular formula is C50H29N3O2S. The van der Waals surface area contributed by atoms with Crippen LogP contribution in [0.5, 0.6) is 0 Å². The van der Waals surface area contributed by atoms with Crippen LogP contribution in [-0.4, -0.2) is 20.9 Å². The highest BCUT2D eigenvalue weighted by atomic mass is 32.1. The molecule has 8 aromatic carbocycles. The Kier molecular flexibility index (Phi) is 6.45. The van der Waals surface area contributed by atoms with E-state index in [2.05, 4.69) is 137 Å². The average molecular weight is 736 g/mol. The molecule has 0 spiro atoms. The van der Waals surface area contributed by atoms with Crippen molar-refractivity contribution in [2.24, 2.45) is 0 Å². The Morgan fingerprint density at radius 1 is 0.339 bits per heavy atom. The van der Waals surface area contributed by atoms with Crippen molar-refractivity contribution in [1.82, 2.24) is 9.13 Å². The average Bonchev–Trinajstić information content (AvgIpc) is 3.96. The lowest BCUT2D eigenvalue weighted by molar-refractivity contribution is 0.0926. The van der Waals surface area contributed by atoms with Crippen molar-refractivity contribution in [2.75, 3.05) is 4.90 Å². The van der Waals surface area contributed by atoms with Gasteiger partial charge in [-0.1, -0.05) is 78.9 Å². The highest BCUT2D eigenvalue weighted by Crippen LogP contribution is 2.40. The first-order valence-electron chi connectivity index (χ1n) is 18.7. The van der Waals surface area contributed by atoms with E-state index in [1.165, 1.54) is 46.9 Å². The minimum Gasteiger partial charge on any atom is -0.309 e. The van der Waals surface area contributed by atoms with Gasteiger partial charge >= 0.3 is 0 Å². The summed E-state index contributed by atoms with van der Waals surface area (Å²) in [7, 11) is 0. The Bertz CT molecular complexity index is 3440. The molecule has 3 aromatic heterocycles. The zero-order chi connectivity index (χ0) is 37.1. The number of imide groups is 1. The first-order valence-corrected chi connectivity index (χ1v) is 19.5. The molecule has 0 bridgehead atoms. The van der Waals surface area contributed by atoms with E-state index in [0.29, 0.717) is 16.8 Å². The van der Waals surface area contributed by atoms with E-state index in [1.54, 1.807) is 24.3 Å². The van der Waals surface area contributed by atoms with Crippen LogP contribution in [0.1, 0.15) is 20.7 Å². The van der Waals surface area contributed by atoms with Gasteiger partial charge in [0, 0.05) is 53.1 Å². The number of amides is 2. The van der Waals surface area contributed by atoms with Gasteiger partial charge in [0.05, 0.1) is 38.9 Å². The molecule has 0 fully saturated rings. The second-order valence-corrected chi connectivity index (χ2v) is 15.5. The fraction of sp³-hybridized carbons (Fsp3) is 0. The highest BCUT2D eigenvalue weighted by Gasteiger charge is 2.36. The number of benzene rings is 8. The number of carbonyl (C=O) groups excluding carboxylic acids is 2. The lowest BCUT2D eigenvalue weighted by atomic mass is 10.0. The second kappa shape index (κ2) is 11.6. The van der Waals surface area contributed by atoms with Gasteiger partial charge in [0.15, 0.2) is 0 Å². The number of carbonyl (C=O) groups is 2. The number of thiophene rings is 1. The van der Waals surface area contributed by atoms with E-state index < -0.39 is 0 Å². The number of hydrogen-bond donors (Lipinski definition) is 0. The molecule has 0 atom stereocenters. The smallest absolute Gasteiger partial charge is 0.266 e. The summed E-state index contributed by atoms with van der Waals surface area (Å²) in [6.07, 6.45) is 0. The van der Waals surface area contributed by atoms with Crippen LogP contribution < -0.4 is 4.90 Å². The SMILES string of the molecule is O=C1c2ccccc2C(=O)N1c1ccc(-n2c3ccccc3c3cc(-c4ccc5c(c4)c4ccccc4n5-c4ccc5sc6ccccc6c5c4)ccc32)cc1. The summed E-state index contributed by atoms with van der Waals surface area (Å²) >= 11 is 1.84. The lowest BCUT2D eigenvalue weighted by Crippen LogP contribution is -2.29. The number of para-hydroxylation sites is 2. The molecule has 0 saturated heterocycles. The van der Waals surface area contributed by atoms with E-state index >= 15 is 0 Å². The quantitative estimate of drug-likeness (QED) is 0.169. The third-order valence-electron chi connectivity index (χ3n) is 11.5. The van der Waals surface area contributed by atoms with E-state index in [9.17, 15) is 9.59 Å². The fourth-order valence-corrected chi connectivity index (χ4v) is 9.98. The van der Waals surface area contributed by atoms with Gasteiger partial charge in [0.1, 0.15) is 0 Å². The van der Waals surface area contributed by atoms with Gasteiger partial charge in [-0.25, -0.2) is 4.90 Å². The predicted molar refractivity (Wildman–Crippen MR) is 231 cm³/mol. The Labute approximate surface area is 324 Å². The highest BCUT2D eigenvalue weighted by molar-refractivity contribution is 7.25. The predicted octanol–water partition coefficient (Wildman–Crippen LogP) is 12.7. The number of hydrogen-bond acceptors (Lipinski definition) is 3. The molecule has 4 heterocycles. The molecule has 0 aliphatic carbocycles. The van der Waals surface area contributed by atoms with Gasteiger partial charge in [-0.3, -0.25) is 9.59 Å². The third kappa shape index (κ3) is 4.36. The molecular weight excluding hydrogens is 707 g/mol. The normalized spacial score (nSPS) is 13.0. The summed E-state index contributed by atoms with van der Waals surface area (Å²) in [5.74, 6) is -0.585.